The third-order valence-corrected chi connectivity index (χ3v) is 6.00. The molecule has 4 aromatic rings. The van der Waals surface area contributed by atoms with Crippen LogP contribution < -0.4 is 11.1 Å². The van der Waals surface area contributed by atoms with E-state index in [0.29, 0.717) is 10.0 Å². The normalized spacial score (nSPS) is 11.4. The number of hydrogen-bond donors (Lipinski definition) is 2. The van der Waals surface area contributed by atoms with Gasteiger partial charge >= 0.3 is 0 Å². The highest BCUT2D eigenvalue weighted by Gasteiger charge is 2.12. The van der Waals surface area contributed by atoms with Crippen molar-refractivity contribution in [2.45, 2.75) is 13.0 Å². The minimum absolute atomic E-state index is 0.0476. The first kappa shape index (κ1) is 22.9. The number of halogens is 2. The third kappa shape index (κ3) is 6.16. The number of nitrogens with zero attached hydrogens (tertiary/aromatic N) is 3. The van der Waals surface area contributed by atoms with Gasteiger partial charge in [0.25, 0.3) is 0 Å². The molecule has 1 amide bonds. The lowest BCUT2D eigenvalue weighted by Crippen LogP contribution is -2.37. The van der Waals surface area contributed by atoms with Crippen LogP contribution >= 0.6 is 34.5 Å². The molecule has 3 N–H and O–H groups in total. The van der Waals surface area contributed by atoms with Crippen LogP contribution in [0.5, 0.6) is 0 Å². The number of thiazole rings is 1. The second kappa shape index (κ2) is 10.6. The van der Waals surface area contributed by atoms with E-state index in [9.17, 15) is 4.79 Å². The Balaban J connectivity index is 1.56. The summed E-state index contributed by atoms with van der Waals surface area (Å²) in [5.41, 5.74) is 10.4. The van der Waals surface area contributed by atoms with Crippen LogP contribution in [0.3, 0.4) is 0 Å². The Morgan fingerprint density at radius 1 is 1.00 bits per heavy atom. The van der Waals surface area contributed by atoms with Gasteiger partial charge in [-0.2, -0.15) is 0 Å². The van der Waals surface area contributed by atoms with Gasteiger partial charge in [0.2, 0.25) is 5.91 Å². The van der Waals surface area contributed by atoms with E-state index in [1.54, 1.807) is 12.4 Å². The molecule has 0 bridgehead atoms. The van der Waals surface area contributed by atoms with Gasteiger partial charge in [0, 0.05) is 38.9 Å². The maximum atomic E-state index is 12.1. The Labute approximate surface area is 205 Å². The number of carbonyl (C=O) groups excluding carboxylic acids is 1. The Bertz CT molecular complexity index is 1270. The Kier molecular flexibility index (Phi) is 7.34. The van der Waals surface area contributed by atoms with Crippen molar-refractivity contribution in [3.8, 4) is 22.4 Å². The quantitative estimate of drug-likeness (QED) is 0.278. The van der Waals surface area contributed by atoms with E-state index >= 15 is 0 Å². The van der Waals surface area contributed by atoms with E-state index in [1.165, 1.54) is 11.3 Å². The van der Waals surface area contributed by atoms with Crippen LogP contribution in [0.2, 0.25) is 10.0 Å². The molecule has 0 atom stereocenters. The van der Waals surface area contributed by atoms with E-state index in [2.05, 4.69) is 20.3 Å². The number of hydrogen-bond acceptors (Lipinski definition) is 5. The Hall–Kier alpha value is -3.26. The smallest absolute Gasteiger partial charge is 0.233 e. The average Bonchev–Trinajstić information content (AvgIpc) is 3.31. The number of nitrogens with one attached hydrogen (secondary N) is 1. The summed E-state index contributed by atoms with van der Waals surface area (Å²) in [6.07, 6.45) is 3.56. The zero-order chi connectivity index (χ0) is 23.2. The minimum Gasteiger partial charge on any atom is -0.370 e. The summed E-state index contributed by atoms with van der Waals surface area (Å²) in [5, 5.41) is 6.44. The fourth-order valence-electron chi connectivity index (χ4n) is 3.16. The van der Waals surface area contributed by atoms with Crippen molar-refractivity contribution in [2.75, 3.05) is 0 Å². The van der Waals surface area contributed by atoms with Crippen LogP contribution in [-0.2, 0) is 17.8 Å². The Morgan fingerprint density at radius 3 is 2.30 bits per heavy atom. The predicted octanol–water partition coefficient (Wildman–Crippen LogP) is 5.35. The number of carbonyl (C=O) groups is 1. The lowest BCUT2D eigenvalue weighted by atomic mass is 9.98. The van der Waals surface area contributed by atoms with E-state index in [0.717, 1.165) is 33.0 Å². The maximum absolute atomic E-state index is 12.1. The number of rotatable bonds is 6. The summed E-state index contributed by atoms with van der Waals surface area (Å²) >= 11 is 13.5. The number of nitrogens with two attached hydrogens (primary N) is 1. The molecular weight excluding hydrogens is 477 g/mol. The fourth-order valence-corrected chi connectivity index (χ4v) is 4.03. The van der Waals surface area contributed by atoms with E-state index < -0.39 is 0 Å². The van der Waals surface area contributed by atoms with Crippen molar-refractivity contribution in [3.05, 3.63) is 93.0 Å². The second-order valence-electron chi connectivity index (χ2n) is 7.11. The van der Waals surface area contributed by atoms with Gasteiger partial charge in [0.05, 0.1) is 18.7 Å². The molecule has 0 aliphatic heterocycles. The molecule has 2 aromatic heterocycles. The van der Waals surface area contributed by atoms with Crippen LogP contribution in [0.4, 0.5) is 0 Å². The SMILES string of the molecule is NC(=NCc1cnc(-c2ccc(Cl)cc2)c(-c2ccc(Cl)cc2)c1)NC(=O)Cc1nccs1. The van der Waals surface area contributed by atoms with Gasteiger partial charge in [-0.25, -0.2) is 9.98 Å². The average molecular weight is 496 g/mol. The molecule has 6 nitrogen and oxygen atoms in total. The van der Waals surface area contributed by atoms with Crippen LogP contribution in [0.1, 0.15) is 10.6 Å². The molecule has 0 radical (unpaired) electrons. The van der Waals surface area contributed by atoms with Gasteiger partial charge < -0.3 is 5.73 Å². The summed E-state index contributed by atoms with van der Waals surface area (Å²) < 4.78 is 0. The topological polar surface area (TPSA) is 93.3 Å². The lowest BCUT2D eigenvalue weighted by molar-refractivity contribution is -0.119. The van der Waals surface area contributed by atoms with Crippen LogP contribution in [0, 0.1) is 0 Å². The van der Waals surface area contributed by atoms with Crippen molar-refractivity contribution in [1.82, 2.24) is 15.3 Å². The molecule has 33 heavy (non-hydrogen) atoms. The first-order valence-corrected chi connectivity index (χ1v) is 11.6. The lowest BCUT2D eigenvalue weighted by Gasteiger charge is -2.12. The highest BCUT2D eigenvalue weighted by molar-refractivity contribution is 7.09. The molecule has 9 heteroatoms. The highest BCUT2D eigenvalue weighted by atomic mass is 35.5. The summed E-state index contributed by atoms with van der Waals surface area (Å²) in [5.74, 6) is -0.212. The molecule has 2 heterocycles. The van der Waals surface area contributed by atoms with Gasteiger partial charge in [-0.15, -0.1) is 11.3 Å². The summed E-state index contributed by atoms with van der Waals surface area (Å²) in [4.78, 5) is 25.2. The number of aromatic nitrogens is 2. The molecule has 0 fully saturated rings. The maximum Gasteiger partial charge on any atom is 0.233 e. The van der Waals surface area contributed by atoms with Gasteiger partial charge in [-0.05, 0) is 41.5 Å². The van der Waals surface area contributed by atoms with E-state index in [4.69, 9.17) is 28.9 Å². The van der Waals surface area contributed by atoms with Gasteiger partial charge in [-0.1, -0.05) is 47.5 Å². The number of pyridine rings is 1. The molecule has 4 rings (SSSR count). The number of aliphatic imine (C=N–C) groups is 1. The molecule has 166 valence electrons. The highest BCUT2D eigenvalue weighted by Crippen LogP contribution is 2.32. The minimum atomic E-state index is -0.260. The molecule has 0 saturated carbocycles. The molecule has 0 unspecified atom stereocenters. The van der Waals surface area contributed by atoms with Crippen molar-refractivity contribution in [2.24, 2.45) is 10.7 Å². The number of guanidine groups is 1. The molecule has 0 spiro atoms. The van der Waals surface area contributed by atoms with Crippen molar-refractivity contribution < 1.29 is 4.79 Å². The van der Waals surface area contributed by atoms with Gasteiger partial charge in [0.1, 0.15) is 5.01 Å². The zero-order valence-electron chi connectivity index (χ0n) is 17.3. The summed E-state index contributed by atoms with van der Waals surface area (Å²) in [7, 11) is 0. The van der Waals surface area contributed by atoms with Crippen molar-refractivity contribution in [1.29, 1.82) is 0 Å². The number of benzene rings is 2. The van der Waals surface area contributed by atoms with Crippen molar-refractivity contribution >= 4 is 46.4 Å². The van der Waals surface area contributed by atoms with E-state index in [-0.39, 0.29) is 24.8 Å². The van der Waals surface area contributed by atoms with Crippen molar-refractivity contribution in [3.63, 3.8) is 0 Å². The molecule has 2 aromatic carbocycles. The third-order valence-electron chi connectivity index (χ3n) is 4.71. The standard InChI is InChI=1S/C24H19Cl2N5OS/c25-18-5-1-16(2-6-18)20-11-15(13-29-23(20)17-3-7-19(26)8-4-17)14-30-24(27)31-21(32)12-22-28-9-10-33-22/h1-11,13H,12,14H2,(H3,27,30,31,32). The fraction of sp³-hybridized carbons (Fsp3) is 0.0833. The van der Waals surface area contributed by atoms with E-state index in [1.807, 2.05) is 60.0 Å². The van der Waals surface area contributed by atoms with Crippen LogP contribution in [0.25, 0.3) is 22.4 Å². The first-order valence-electron chi connectivity index (χ1n) is 9.97. The molecule has 0 aliphatic rings. The second-order valence-corrected chi connectivity index (χ2v) is 8.96. The van der Waals surface area contributed by atoms with Crippen LogP contribution in [0.15, 0.2) is 77.4 Å². The zero-order valence-corrected chi connectivity index (χ0v) is 19.7. The summed E-state index contributed by atoms with van der Waals surface area (Å²) in [6, 6.07) is 17.1. The predicted molar refractivity (Wildman–Crippen MR) is 134 cm³/mol. The first-order chi connectivity index (χ1) is 16.0. The van der Waals surface area contributed by atoms with Crippen LogP contribution in [-0.4, -0.2) is 21.8 Å². The molecule has 0 aliphatic carbocycles. The number of amides is 1. The largest absolute Gasteiger partial charge is 0.370 e. The summed E-state index contributed by atoms with van der Waals surface area (Å²) in [6.45, 7) is 0.262. The Morgan fingerprint density at radius 2 is 1.67 bits per heavy atom. The van der Waals surface area contributed by atoms with Gasteiger partial charge in [-0.3, -0.25) is 15.1 Å². The molecular formula is C24H19Cl2N5OS. The monoisotopic (exact) mass is 495 g/mol. The van der Waals surface area contributed by atoms with Gasteiger partial charge in [0.15, 0.2) is 5.96 Å². The molecule has 0 saturated heterocycles.